The van der Waals surface area contributed by atoms with Crippen LogP contribution in [0.25, 0.3) is 33.2 Å². The molecule has 2 fully saturated rings. The van der Waals surface area contributed by atoms with E-state index in [4.69, 9.17) is 0 Å². The zero-order valence-electron chi connectivity index (χ0n) is 28.7. The molecule has 262 valence electrons. The van der Waals surface area contributed by atoms with Crippen molar-refractivity contribution in [2.75, 3.05) is 23.7 Å². The Morgan fingerprint density at radius 3 is 1.40 bits per heavy atom. The molecule has 4 heterocycles. The summed E-state index contributed by atoms with van der Waals surface area (Å²) < 4.78 is 0. The molecule has 0 radical (unpaired) electrons. The molecule has 4 amide bonds. The third kappa shape index (κ3) is 6.92. The highest BCUT2D eigenvalue weighted by Crippen LogP contribution is 2.31. The topological polar surface area (TPSA) is 130 Å². The lowest BCUT2D eigenvalue weighted by molar-refractivity contribution is -0.136. The SMILES string of the molecule is O=C(Nc1ccc2[nH]c(-c3cc4cc(NC(=O)C5CCCN5C(=O)Cc5ccccc5)ccc4[nH]3)cc2c1)C1CCCN1C(=O)Cc1ccccc1. The van der Waals surface area contributed by atoms with E-state index in [1.54, 1.807) is 9.80 Å². The second-order valence-electron chi connectivity index (χ2n) is 13.8. The van der Waals surface area contributed by atoms with Gasteiger partial charge in [-0.25, -0.2) is 0 Å². The summed E-state index contributed by atoms with van der Waals surface area (Å²) in [7, 11) is 0. The van der Waals surface area contributed by atoms with Crippen molar-refractivity contribution in [3.63, 3.8) is 0 Å². The third-order valence-electron chi connectivity index (χ3n) is 10.2. The van der Waals surface area contributed by atoms with Crippen molar-refractivity contribution in [1.82, 2.24) is 19.8 Å². The molecule has 2 atom stereocenters. The number of nitrogens with zero attached hydrogens (tertiary/aromatic N) is 2. The number of carbonyl (C=O) groups is 4. The maximum Gasteiger partial charge on any atom is 0.247 e. The number of benzene rings is 4. The predicted molar refractivity (Wildman–Crippen MR) is 203 cm³/mol. The van der Waals surface area contributed by atoms with E-state index in [1.807, 2.05) is 109 Å². The molecule has 52 heavy (non-hydrogen) atoms. The van der Waals surface area contributed by atoms with Crippen LogP contribution in [0.4, 0.5) is 11.4 Å². The number of nitrogens with one attached hydrogen (secondary N) is 4. The molecule has 4 N–H and O–H groups in total. The minimum absolute atomic E-state index is 0.0334. The van der Waals surface area contributed by atoms with Gasteiger partial charge in [-0.1, -0.05) is 60.7 Å². The second-order valence-corrected chi connectivity index (χ2v) is 13.8. The van der Waals surface area contributed by atoms with Crippen molar-refractivity contribution < 1.29 is 19.2 Å². The molecule has 2 saturated heterocycles. The number of aromatic amines is 2. The van der Waals surface area contributed by atoms with Gasteiger partial charge in [0.2, 0.25) is 23.6 Å². The van der Waals surface area contributed by atoms with Gasteiger partial charge >= 0.3 is 0 Å². The molecule has 4 aromatic carbocycles. The average molecular weight is 693 g/mol. The van der Waals surface area contributed by atoms with Gasteiger partial charge in [0.05, 0.1) is 24.2 Å². The Labute approximate surface area is 301 Å². The van der Waals surface area contributed by atoms with Gasteiger partial charge in [-0.15, -0.1) is 0 Å². The Morgan fingerprint density at radius 1 is 0.558 bits per heavy atom. The van der Waals surface area contributed by atoms with Crippen LogP contribution in [-0.2, 0) is 32.0 Å². The monoisotopic (exact) mass is 692 g/mol. The summed E-state index contributed by atoms with van der Waals surface area (Å²) in [6.45, 7) is 1.16. The fourth-order valence-corrected chi connectivity index (χ4v) is 7.58. The Morgan fingerprint density at radius 2 is 0.981 bits per heavy atom. The molecule has 10 heteroatoms. The molecule has 0 saturated carbocycles. The Bertz CT molecular complexity index is 2120. The maximum absolute atomic E-state index is 13.4. The molecular weight excluding hydrogens is 652 g/mol. The summed E-state index contributed by atoms with van der Waals surface area (Å²) in [5.41, 5.74) is 6.82. The summed E-state index contributed by atoms with van der Waals surface area (Å²) in [5, 5.41) is 7.96. The lowest BCUT2D eigenvalue weighted by Gasteiger charge is -2.24. The highest BCUT2D eigenvalue weighted by molar-refractivity contribution is 6.01. The maximum atomic E-state index is 13.4. The van der Waals surface area contributed by atoms with Crippen molar-refractivity contribution in [2.24, 2.45) is 0 Å². The van der Waals surface area contributed by atoms with Gasteiger partial charge in [0, 0.05) is 46.3 Å². The summed E-state index contributed by atoms with van der Waals surface area (Å²) in [5.74, 6) is -0.415. The Hall–Kier alpha value is -6.16. The normalized spacial score (nSPS) is 17.2. The number of anilines is 2. The number of fused-ring (bicyclic) bond motifs is 2. The fourth-order valence-electron chi connectivity index (χ4n) is 7.58. The number of rotatable bonds is 9. The van der Waals surface area contributed by atoms with E-state index >= 15 is 0 Å². The first kappa shape index (κ1) is 33.0. The van der Waals surface area contributed by atoms with E-state index in [0.29, 0.717) is 37.3 Å². The van der Waals surface area contributed by atoms with Crippen molar-refractivity contribution in [3.8, 4) is 11.4 Å². The van der Waals surface area contributed by atoms with Gasteiger partial charge < -0.3 is 30.4 Å². The van der Waals surface area contributed by atoms with E-state index in [2.05, 4.69) is 20.6 Å². The fraction of sp³-hybridized carbons (Fsp3) is 0.238. The highest BCUT2D eigenvalue weighted by Gasteiger charge is 2.35. The molecule has 8 rings (SSSR count). The van der Waals surface area contributed by atoms with Crippen LogP contribution in [-0.4, -0.2) is 68.6 Å². The van der Waals surface area contributed by atoms with Crippen LogP contribution in [0.5, 0.6) is 0 Å². The largest absolute Gasteiger partial charge is 0.353 e. The van der Waals surface area contributed by atoms with Crippen LogP contribution in [0.2, 0.25) is 0 Å². The van der Waals surface area contributed by atoms with E-state index in [9.17, 15) is 19.2 Å². The molecule has 2 aromatic heterocycles. The van der Waals surface area contributed by atoms with Crippen LogP contribution in [0.1, 0.15) is 36.8 Å². The van der Waals surface area contributed by atoms with Crippen molar-refractivity contribution in [2.45, 2.75) is 50.6 Å². The molecule has 0 aliphatic carbocycles. The van der Waals surface area contributed by atoms with Gasteiger partial charge in [0.15, 0.2) is 0 Å². The van der Waals surface area contributed by atoms with E-state index in [1.165, 1.54) is 0 Å². The van der Waals surface area contributed by atoms with E-state index < -0.39 is 12.1 Å². The second kappa shape index (κ2) is 14.2. The zero-order valence-corrected chi connectivity index (χ0v) is 28.7. The average Bonchev–Trinajstić information content (AvgIpc) is 3.98. The minimum Gasteiger partial charge on any atom is -0.353 e. The smallest absolute Gasteiger partial charge is 0.247 e. The molecule has 10 nitrogen and oxygen atoms in total. The first-order valence-corrected chi connectivity index (χ1v) is 17.9. The van der Waals surface area contributed by atoms with Gasteiger partial charge in [0.25, 0.3) is 0 Å². The molecule has 2 aliphatic heterocycles. The first-order valence-electron chi connectivity index (χ1n) is 17.9. The molecule has 2 unspecified atom stereocenters. The molecule has 2 aliphatic rings. The Kier molecular flexibility index (Phi) is 9.03. The first-order chi connectivity index (χ1) is 25.4. The van der Waals surface area contributed by atoms with Crippen molar-refractivity contribution in [1.29, 1.82) is 0 Å². The summed E-state index contributed by atoms with van der Waals surface area (Å²) in [6.07, 6.45) is 3.44. The van der Waals surface area contributed by atoms with Gasteiger partial charge in [-0.2, -0.15) is 0 Å². The lowest BCUT2D eigenvalue weighted by Crippen LogP contribution is -2.43. The number of hydrogen-bond acceptors (Lipinski definition) is 4. The number of amides is 4. The quantitative estimate of drug-likeness (QED) is 0.135. The summed E-state index contributed by atoms with van der Waals surface area (Å²) in [6, 6.07) is 33.8. The van der Waals surface area contributed by atoms with Crippen LogP contribution in [0, 0.1) is 0 Å². The number of aromatic nitrogens is 2. The number of hydrogen-bond donors (Lipinski definition) is 4. The predicted octanol–water partition coefficient (Wildman–Crippen LogP) is 6.66. The van der Waals surface area contributed by atoms with Crippen LogP contribution in [0.3, 0.4) is 0 Å². The van der Waals surface area contributed by atoms with Gasteiger partial charge in [-0.05, 0) is 85.3 Å². The minimum atomic E-state index is -0.492. The standard InChI is InChI=1S/C42H40N6O4/c49-39(21-27-9-3-1-4-10-27)47-19-7-13-37(47)41(51)43-31-15-17-33-29(23-31)25-35(45-33)36-26-30-24-32(16-18-34(30)46-36)44-42(52)38-14-8-20-48(38)40(50)22-28-11-5-2-6-12-28/h1-6,9-12,15-18,23-26,37-38,45-46H,7-8,13-14,19-22H2,(H,43,51)(H,44,52). The Balaban J connectivity index is 0.923. The van der Waals surface area contributed by atoms with Crippen LogP contribution in [0.15, 0.2) is 109 Å². The number of carbonyl (C=O) groups excluding carboxylic acids is 4. The lowest BCUT2D eigenvalue weighted by atomic mass is 10.1. The third-order valence-corrected chi connectivity index (χ3v) is 10.2. The van der Waals surface area contributed by atoms with Gasteiger partial charge in [0.1, 0.15) is 12.1 Å². The van der Waals surface area contributed by atoms with Crippen molar-refractivity contribution >= 4 is 56.8 Å². The van der Waals surface area contributed by atoms with Gasteiger partial charge in [-0.3, -0.25) is 19.2 Å². The zero-order chi connectivity index (χ0) is 35.6. The van der Waals surface area contributed by atoms with E-state index in [-0.39, 0.29) is 36.5 Å². The summed E-state index contributed by atoms with van der Waals surface area (Å²) in [4.78, 5) is 63.2. The number of H-pyrrole nitrogens is 2. The van der Waals surface area contributed by atoms with Crippen LogP contribution >= 0.6 is 0 Å². The van der Waals surface area contributed by atoms with Crippen molar-refractivity contribution in [3.05, 3.63) is 120 Å². The molecule has 0 spiro atoms. The van der Waals surface area contributed by atoms with E-state index in [0.717, 1.165) is 57.2 Å². The highest BCUT2D eigenvalue weighted by atomic mass is 16.2. The molecule has 6 aromatic rings. The summed E-state index contributed by atoms with van der Waals surface area (Å²) >= 11 is 0. The number of likely N-dealkylation sites (tertiary alicyclic amines) is 2. The molecule has 0 bridgehead atoms. The van der Waals surface area contributed by atoms with Crippen LogP contribution < -0.4 is 10.6 Å². The molecular formula is C42H40N6O4.